The summed E-state index contributed by atoms with van der Waals surface area (Å²) in [5.74, 6) is 0.973. The van der Waals surface area contributed by atoms with Crippen molar-refractivity contribution in [1.82, 2.24) is 15.5 Å². The Balaban J connectivity index is 2.40. The Morgan fingerprint density at radius 1 is 1.29 bits per heavy atom. The van der Waals surface area contributed by atoms with Crippen LogP contribution >= 0.6 is 0 Å². The van der Waals surface area contributed by atoms with Gasteiger partial charge < -0.3 is 15.5 Å². The summed E-state index contributed by atoms with van der Waals surface area (Å²) in [6.45, 7) is 6.53. The zero-order valence-electron chi connectivity index (χ0n) is 15.8. The molecule has 1 saturated carbocycles. The number of nitrogens with one attached hydrogen (secondary N) is 2. The maximum Gasteiger partial charge on any atom is 0.191 e. The van der Waals surface area contributed by atoms with Gasteiger partial charge in [-0.05, 0) is 40.2 Å². The van der Waals surface area contributed by atoms with Crippen LogP contribution in [0.25, 0.3) is 0 Å². The van der Waals surface area contributed by atoms with E-state index in [4.69, 9.17) is 0 Å². The topological polar surface area (TPSA) is 73.8 Å². The Labute approximate surface area is 148 Å². The molecule has 0 bridgehead atoms. The summed E-state index contributed by atoms with van der Waals surface area (Å²) < 4.78 is 22.5. The molecule has 1 rings (SSSR count). The molecule has 0 radical (unpaired) electrons. The molecule has 0 aromatic heterocycles. The monoisotopic (exact) mass is 360 g/mol. The molecule has 142 valence electrons. The summed E-state index contributed by atoms with van der Waals surface area (Å²) in [5.41, 5.74) is 0. The van der Waals surface area contributed by atoms with Gasteiger partial charge in [-0.15, -0.1) is 0 Å². The Bertz CT molecular complexity index is 473. The molecule has 1 aliphatic carbocycles. The molecule has 0 aromatic carbocycles. The summed E-state index contributed by atoms with van der Waals surface area (Å²) in [6.07, 6.45) is 8.55. The standard InChI is InChI=1S/C17H36N4O2S/c1-5-18-17(20-15(2)11-14-24(4,22)23)19-12-13-21(3)16-9-7-6-8-10-16/h15-16H,5-14H2,1-4H3,(H2,18,19,20). The van der Waals surface area contributed by atoms with Crippen molar-refractivity contribution in [3.8, 4) is 0 Å². The summed E-state index contributed by atoms with van der Waals surface area (Å²) >= 11 is 0. The van der Waals surface area contributed by atoms with Gasteiger partial charge in [0.2, 0.25) is 0 Å². The van der Waals surface area contributed by atoms with Gasteiger partial charge in [0, 0.05) is 31.4 Å². The van der Waals surface area contributed by atoms with Gasteiger partial charge in [-0.3, -0.25) is 4.99 Å². The third kappa shape index (κ3) is 9.47. The second-order valence-corrected chi connectivity index (χ2v) is 9.26. The van der Waals surface area contributed by atoms with Crippen LogP contribution in [0, 0.1) is 0 Å². The average Bonchev–Trinajstić information content (AvgIpc) is 2.53. The van der Waals surface area contributed by atoms with Gasteiger partial charge >= 0.3 is 0 Å². The van der Waals surface area contributed by atoms with Crippen molar-refractivity contribution in [3.63, 3.8) is 0 Å². The fourth-order valence-corrected chi connectivity index (χ4v) is 3.82. The van der Waals surface area contributed by atoms with E-state index in [0.717, 1.165) is 25.6 Å². The third-order valence-corrected chi connectivity index (χ3v) is 5.55. The predicted molar refractivity (Wildman–Crippen MR) is 102 cm³/mol. The molecule has 0 saturated heterocycles. The number of nitrogens with zero attached hydrogens (tertiary/aromatic N) is 2. The highest BCUT2D eigenvalue weighted by Crippen LogP contribution is 2.21. The van der Waals surface area contributed by atoms with Crippen LogP contribution in [0.5, 0.6) is 0 Å². The molecule has 1 unspecified atom stereocenters. The maximum atomic E-state index is 11.3. The molecule has 1 atom stereocenters. The first-order chi connectivity index (χ1) is 11.3. The summed E-state index contributed by atoms with van der Waals surface area (Å²) in [5, 5.41) is 6.53. The van der Waals surface area contributed by atoms with Crippen molar-refractivity contribution in [3.05, 3.63) is 0 Å². The Morgan fingerprint density at radius 3 is 2.54 bits per heavy atom. The molecule has 1 aliphatic rings. The fourth-order valence-electron chi connectivity index (χ4n) is 3.04. The highest BCUT2D eigenvalue weighted by Gasteiger charge is 2.17. The van der Waals surface area contributed by atoms with Crippen molar-refractivity contribution in [2.24, 2.45) is 4.99 Å². The highest BCUT2D eigenvalue weighted by molar-refractivity contribution is 7.90. The number of sulfone groups is 1. The van der Waals surface area contributed by atoms with Gasteiger partial charge in [0.15, 0.2) is 5.96 Å². The molecule has 6 nitrogen and oxygen atoms in total. The zero-order chi connectivity index (χ0) is 18.0. The second kappa shape index (κ2) is 10.9. The van der Waals surface area contributed by atoms with Gasteiger partial charge in [0.05, 0.1) is 12.3 Å². The van der Waals surface area contributed by atoms with E-state index < -0.39 is 9.84 Å². The van der Waals surface area contributed by atoms with Crippen molar-refractivity contribution in [2.45, 2.75) is 64.5 Å². The van der Waals surface area contributed by atoms with Crippen LogP contribution in [0.4, 0.5) is 0 Å². The minimum absolute atomic E-state index is 0.0774. The van der Waals surface area contributed by atoms with Crippen molar-refractivity contribution in [2.75, 3.05) is 38.7 Å². The number of hydrogen-bond donors (Lipinski definition) is 2. The molecule has 24 heavy (non-hydrogen) atoms. The van der Waals surface area contributed by atoms with Crippen molar-refractivity contribution >= 4 is 15.8 Å². The lowest BCUT2D eigenvalue weighted by molar-refractivity contribution is 0.196. The minimum Gasteiger partial charge on any atom is -0.357 e. The zero-order valence-corrected chi connectivity index (χ0v) is 16.7. The summed E-state index contributed by atoms with van der Waals surface area (Å²) in [7, 11) is -0.720. The Kier molecular flexibility index (Phi) is 9.66. The van der Waals surface area contributed by atoms with Crippen LogP contribution in [-0.4, -0.2) is 70.1 Å². The van der Waals surface area contributed by atoms with Crippen molar-refractivity contribution < 1.29 is 8.42 Å². The quantitative estimate of drug-likeness (QED) is 0.483. The number of rotatable bonds is 9. The lowest BCUT2D eigenvalue weighted by atomic mass is 9.94. The van der Waals surface area contributed by atoms with Gasteiger partial charge in [0.1, 0.15) is 9.84 Å². The van der Waals surface area contributed by atoms with Crippen LogP contribution in [-0.2, 0) is 9.84 Å². The maximum absolute atomic E-state index is 11.3. The van der Waals surface area contributed by atoms with Crippen LogP contribution in [0.15, 0.2) is 4.99 Å². The Morgan fingerprint density at radius 2 is 1.96 bits per heavy atom. The van der Waals surface area contributed by atoms with E-state index in [-0.39, 0.29) is 11.8 Å². The smallest absolute Gasteiger partial charge is 0.191 e. The van der Waals surface area contributed by atoms with E-state index in [1.54, 1.807) is 0 Å². The average molecular weight is 361 g/mol. The SMILES string of the molecule is CCNC(=NCCN(C)C1CCCCC1)NC(C)CCS(C)(=O)=O. The number of likely N-dealkylation sites (N-methyl/N-ethyl adjacent to an activating group) is 1. The van der Waals surface area contributed by atoms with Gasteiger partial charge in [-0.2, -0.15) is 0 Å². The van der Waals surface area contributed by atoms with Crippen molar-refractivity contribution in [1.29, 1.82) is 0 Å². The third-order valence-electron chi connectivity index (χ3n) is 4.57. The first-order valence-electron chi connectivity index (χ1n) is 9.24. The normalized spacial score (nSPS) is 18.6. The lowest BCUT2D eigenvalue weighted by Gasteiger charge is -2.30. The molecule has 0 amide bonds. The van der Waals surface area contributed by atoms with Gasteiger partial charge in [-0.1, -0.05) is 19.3 Å². The molecule has 1 fully saturated rings. The fraction of sp³-hybridized carbons (Fsp3) is 0.941. The second-order valence-electron chi connectivity index (χ2n) is 7.00. The molecule has 0 aliphatic heterocycles. The number of hydrogen-bond acceptors (Lipinski definition) is 4. The van der Waals surface area contributed by atoms with Crippen LogP contribution in [0.2, 0.25) is 0 Å². The molecule has 0 aromatic rings. The minimum atomic E-state index is -2.91. The largest absolute Gasteiger partial charge is 0.357 e. The van der Waals surface area contributed by atoms with Crippen LogP contribution in [0.3, 0.4) is 0 Å². The highest BCUT2D eigenvalue weighted by atomic mass is 32.2. The summed E-state index contributed by atoms with van der Waals surface area (Å²) in [6, 6.07) is 0.784. The van der Waals surface area contributed by atoms with Crippen LogP contribution < -0.4 is 10.6 Å². The van der Waals surface area contributed by atoms with Gasteiger partial charge in [-0.25, -0.2) is 8.42 Å². The molecule has 0 heterocycles. The van der Waals surface area contributed by atoms with Gasteiger partial charge in [0.25, 0.3) is 0 Å². The lowest BCUT2D eigenvalue weighted by Crippen LogP contribution is -2.43. The number of aliphatic imine (C=N–C) groups is 1. The van der Waals surface area contributed by atoms with E-state index >= 15 is 0 Å². The molecular weight excluding hydrogens is 324 g/mol. The van der Waals surface area contributed by atoms with E-state index in [1.165, 1.54) is 38.4 Å². The van der Waals surface area contributed by atoms with E-state index in [9.17, 15) is 8.42 Å². The van der Waals surface area contributed by atoms with E-state index in [2.05, 4.69) is 27.6 Å². The first kappa shape index (κ1) is 21.2. The number of guanidine groups is 1. The summed E-state index contributed by atoms with van der Waals surface area (Å²) in [4.78, 5) is 7.07. The molecule has 7 heteroatoms. The van der Waals surface area contributed by atoms with E-state index in [1.807, 2.05) is 13.8 Å². The Hall–Kier alpha value is -0.820. The predicted octanol–water partition coefficient (Wildman–Crippen LogP) is 1.63. The first-order valence-corrected chi connectivity index (χ1v) is 11.3. The molecule has 0 spiro atoms. The van der Waals surface area contributed by atoms with E-state index in [0.29, 0.717) is 12.5 Å². The molecular formula is C17H36N4O2S. The molecule has 2 N–H and O–H groups in total. The van der Waals surface area contributed by atoms with Crippen LogP contribution in [0.1, 0.15) is 52.4 Å².